The van der Waals surface area contributed by atoms with E-state index in [0.717, 1.165) is 26.9 Å². The molecule has 0 bridgehead atoms. The van der Waals surface area contributed by atoms with Gasteiger partial charge in [-0.15, -0.1) is 10.2 Å². The van der Waals surface area contributed by atoms with Crippen LogP contribution in [-0.4, -0.2) is 33.4 Å². The molecule has 0 spiro atoms. The molecule has 31 heavy (non-hydrogen) atoms. The van der Waals surface area contributed by atoms with Gasteiger partial charge < -0.3 is 9.30 Å². The molecule has 7 heteroatoms. The van der Waals surface area contributed by atoms with Gasteiger partial charge in [0.1, 0.15) is 5.75 Å². The van der Waals surface area contributed by atoms with Crippen molar-refractivity contribution in [3.63, 3.8) is 0 Å². The van der Waals surface area contributed by atoms with Crippen molar-refractivity contribution in [2.45, 2.75) is 5.16 Å². The fourth-order valence-electron chi connectivity index (χ4n) is 3.21. The summed E-state index contributed by atoms with van der Waals surface area (Å²) >= 11 is 4.82. The maximum Gasteiger partial charge on any atom is 0.191 e. The van der Waals surface area contributed by atoms with Gasteiger partial charge in [0, 0.05) is 17.1 Å². The fraction of sp³-hybridized carbons (Fsp3) is 0.125. The average Bonchev–Trinajstić information content (AvgIpc) is 3.18. The molecule has 0 fully saturated rings. The van der Waals surface area contributed by atoms with E-state index in [-0.39, 0.29) is 11.5 Å². The summed E-state index contributed by atoms with van der Waals surface area (Å²) in [6, 6.07) is 23.5. The van der Waals surface area contributed by atoms with Crippen LogP contribution in [0.25, 0.3) is 22.5 Å². The maximum atomic E-state index is 12.7. The Morgan fingerprint density at radius 1 is 0.968 bits per heavy atom. The highest BCUT2D eigenvalue weighted by Gasteiger charge is 2.16. The van der Waals surface area contributed by atoms with Crippen molar-refractivity contribution >= 4 is 33.5 Å². The summed E-state index contributed by atoms with van der Waals surface area (Å²) in [5.74, 6) is 1.77. The van der Waals surface area contributed by atoms with Crippen LogP contribution in [0.5, 0.6) is 5.75 Å². The third-order valence-corrected chi connectivity index (χ3v) is 6.45. The Bertz CT molecular complexity index is 1200. The summed E-state index contributed by atoms with van der Waals surface area (Å²) in [7, 11) is 3.52. The molecule has 4 rings (SSSR count). The summed E-state index contributed by atoms with van der Waals surface area (Å²) in [5.41, 5.74) is 3.73. The quantitative estimate of drug-likeness (QED) is 0.237. The van der Waals surface area contributed by atoms with Crippen molar-refractivity contribution in [1.82, 2.24) is 14.8 Å². The Kier molecular flexibility index (Phi) is 6.53. The molecule has 0 N–H and O–H groups in total. The number of thioether (sulfide) groups is 1. The van der Waals surface area contributed by atoms with Gasteiger partial charge in [-0.25, -0.2) is 0 Å². The van der Waals surface area contributed by atoms with E-state index in [4.69, 9.17) is 4.74 Å². The summed E-state index contributed by atoms with van der Waals surface area (Å²) in [6.07, 6.45) is 0. The molecule has 1 aromatic heterocycles. The Balaban J connectivity index is 1.44. The van der Waals surface area contributed by atoms with E-state index in [2.05, 4.69) is 26.1 Å². The summed E-state index contributed by atoms with van der Waals surface area (Å²) in [6.45, 7) is 0. The molecule has 3 aromatic carbocycles. The Hall–Kier alpha value is -2.90. The SMILES string of the molecule is COc1ccccc1-c1nnc(SCC(=O)c2ccc(-c3ccc(Br)cc3)cc2)n1C. The van der Waals surface area contributed by atoms with Crippen LogP contribution in [0.15, 0.2) is 82.4 Å². The molecule has 0 saturated carbocycles. The Morgan fingerprint density at radius 3 is 2.29 bits per heavy atom. The zero-order valence-electron chi connectivity index (χ0n) is 17.1. The average molecular weight is 494 g/mol. The minimum atomic E-state index is 0.0502. The Labute approximate surface area is 193 Å². The largest absolute Gasteiger partial charge is 0.496 e. The number of methoxy groups -OCH3 is 1. The van der Waals surface area contributed by atoms with E-state index in [9.17, 15) is 4.79 Å². The number of para-hydroxylation sites is 1. The number of hydrogen-bond acceptors (Lipinski definition) is 5. The molecule has 0 atom stereocenters. The highest BCUT2D eigenvalue weighted by atomic mass is 79.9. The monoisotopic (exact) mass is 493 g/mol. The molecule has 0 saturated heterocycles. The van der Waals surface area contributed by atoms with Crippen molar-refractivity contribution in [3.8, 4) is 28.3 Å². The molecule has 1 heterocycles. The van der Waals surface area contributed by atoms with Crippen molar-refractivity contribution in [1.29, 1.82) is 0 Å². The second-order valence-corrected chi connectivity index (χ2v) is 8.72. The van der Waals surface area contributed by atoms with Crippen molar-refractivity contribution in [2.75, 3.05) is 12.9 Å². The fourth-order valence-corrected chi connectivity index (χ4v) is 4.28. The highest BCUT2D eigenvalue weighted by molar-refractivity contribution is 9.10. The third-order valence-electron chi connectivity index (χ3n) is 4.90. The minimum absolute atomic E-state index is 0.0502. The first kappa shape index (κ1) is 21.3. The van der Waals surface area contributed by atoms with Crippen LogP contribution < -0.4 is 4.74 Å². The van der Waals surface area contributed by atoms with E-state index in [1.54, 1.807) is 7.11 Å². The van der Waals surface area contributed by atoms with E-state index in [0.29, 0.717) is 16.5 Å². The first-order chi connectivity index (χ1) is 15.1. The number of nitrogens with zero attached hydrogens (tertiary/aromatic N) is 3. The van der Waals surface area contributed by atoms with Crippen LogP contribution in [0.2, 0.25) is 0 Å². The molecule has 0 aliphatic heterocycles. The van der Waals surface area contributed by atoms with Crippen LogP contribution in [0, 0.1) is 0 Å². The normalized spacial score (nSPS) is 10.8. The van der Waals surface area contributed by atoms with E-state index < -0.39 is 0 Å². The van der Waals surface area contributed by atoms with Gasteiger partial charge in [-0.2, -0.15) is 0 Å². The molecule has 0 aliphatic carbocycles. The second-order valence-electron chi connectivity index (χ2n) is 6.86. The number of carbonyl (C=O) groups excluding carboxylic acids is 1. The number of carbonyl (C=O) groups is 1. The molecule has 0 aliphatic rings. The Morgan fingerprint density at radius 2 is 1.61 bits per heavy atom. The summed E-state index contributed by atoms with van der Waals surface area (Å²) < 4.78 is 8.34. The zero-order valence-corrected chi connectivity index (χ0v) is 19.5. The van der Waals surface area contributed by atoms with E-state index >= 15 is 0 Å². The van der Waals surface area contributed by atoms with Crippen LogP contribution in [0.3, 0.4) is 0 Å². The molecular weight excluding hydrogens is 474 g/mol. The van der Waals surface area contributed by atoms with Gasteiger partial charge >= 0.3 is 0 Å². The molecule has 4 aromatic rings. The number of hydrogen-bond donors (Lipinski definition) is 0. The van der Waals surface area contributed by atoms with Gasteiger partial charge in [0.05, 0.1) is 18.4 Å². The number of aromatic nitrogens is 3. The number of benzene rings is 3. The minimum Gasteiger partial charge on any atom is -0.496 e. The number of Topliss-reactive ketones (excluding diaryl/α,β-unsaturated/α-hetero) is 1. The third kappa shape index (κ3) is 4.73. The maximum absolute atomic E-state index is 12.7. The standard InChI is InChI=1S/C24H20BrN3O2S/c1-28-23(20-5-3-4-6-22(20)30-2)26-27-24(28)31-15-21(29)18-9-7-16(8-10-18)17-11-13-19(25)14-12-17/h3-14H,15H2,1-2H3. The van der Waals surface area contributed by atoms with Gasteiger partial charge in [0.15, 0.2) is 16.8 Å². The van der Waals surface area contributed by atoms with Gasteiger partial charge in [-0.05, 0) is 35.4 Å². The number of ether oxygens (including phenoxy) is 1. The van der Waals surface area contributed by atoms with Gasteiger partial charge in [-0.1, -0.05) is 76.2 Å². The van der Waals surface area contributed by atoms with Gasteiger partial charge in [0.25, 0.3) is 0 Å². The van der Waals surface area contributed by atoms with Crippen LogP contribution >= 0.6 is 27.7 Å². The zero-order chi connectivity index (χ0) is 21.8. The predicted molar refractivity (Wildman–Crippen MR) is 128 cm³/mol. The lowest BCUT2D eigenvalue weighted by atomic mass is 10.0. The van der Waals surface area contributed by atoms with E-state index in [1.165, 1.54) is 11.8 Å². The topological polar surface area (TPSA) is 57.0 Å². The van der Waals surface area contributed by atoms with E-state index in [1.807, 2.05) is 84.4 Å². The van der Waals surface area contributed by atoms with Crippen LogP contribution in [-0.2, 0) is 7.05 Å². The van der Waals surface area contributed by atoms with Gasteiger partial charge in [-0.3, -0.25) is 4.79 Å². The number of rotatable bonds is 7. The number of halogens is 1. The van der Waals surface area contributed by atoms with Crippen molar-refractivity contribution in [3.05, 3.63) is 82.8 Å². The molecule has 0 radical (unpaired) electrons. The predicted octanol–water partition coefficient (Wildman–Crippen LogP) is 5.90. The second kappa shape index (κ2) is 9.49. The van der Waals surface area contributed by atoms with Crippen molar-refractivity contribution < 1.29 is 9.53 Å². The van der Waals surface area contributed by atoms with Gasteiger partial charge in [0.2, 0.25) is 0 Å². The molecule has 0 unspecified atom stereocenters. The first-order valence-electron chi connectivity index (χ1n) is 9.61. The van der Waals surface area contributed by atoms with Crippen LogP contribution in [0.1, 0.15) is 10.4 Å². The lowest BCUT2D eigenvalue weighted by molar-refractivity contribution is 0.102. The first-order valence-corrected chi connectivity index (χ1v) is 11.4. The highest BCUT2D eigenvalue weighted by Crippen LogP contribution is 2.30. The molecule has 156 valence electrons. The molecule has 0 amide bonds. The lowest BCUT2D eigenvalue weighted by Crippen LogP contribution is -2.04. The summed E-state index contributed by atoms with van der Waals surface area (Å²) in [5, 5.41) is 9.23. The van der Waals surface area contributed by atoms with Crippen LogP contribution in [0.4, 0.5) is 0 Å². The summed E-state index contributed by atoms with van der Waals surface area (Å²) in [4.78, 5) is 12.7. The number of ketones is 1. The lowest BCUT2D eigenvalue weighted by Gasteiger charge is -2.08. The smallest absolute Gasteiger partial charge is 0.191 e. The molecule has 5 nitrogen and oxygen atoms in total. The van der Waals surface area contributed by atoms with Crippen molar-refractivity contribution in [2.24, 2.45) is 7.05 Å². The molecular formula is C24H20BrN3O2S.